The van der Waals surface area contributed by atoms with Gasteiger partial charge in [0.25, 0.3) is 0 Å². The summed E-state index contributed by atoms with van der Waals surface area (Å²) >= 11 is 0. The molecule has 3 aromatic rings. The van der Waals surface area contributed by atoms with Crippen LogP contribution in [-0.2, 0) is 17.8 Å². The smallest absolute Gasteiger partial charge is 0.223 e. The fourth-order valence-electron chi connectivity index (χ4n) is 2.88. The second-order valence-corrected chi connectivity index (χ2v) is 6.04. The number of nitrogens with one attached hydrogen (secondary N) is 1. The molecule has 0 fully saturated rings. The number of carbonyl (C=O) groups excluding carboxylic acids is 1. The van der Waals surface area contributed by atoms with Crippen molar-refractivity contribution in [2.75, 3.05) is 6.54 Å². The minimum absolute atomic E-state index is 0.168. The van der Waals surface area contributed by atoms with Crippen LogP contribution in [0.15, 0.2) is 48.5 Å². The number of aromatic amines is 1. The van der Waals surface area contributed by atoms with Crippen LogP contribution in [0.5, 0.6) is 0 Å². The molecule has 0 spiro atoms. The highest BCUT2D eigenvalue weighted by Crippen LogP contribution is 2.14. The Hall–Kier alpha value is -2.62. The molecule has 4 heteroatoms. The van der Waals surface area contributed by atoms with Crippen LogP contribution < -0.4 is 0 Å². The van der Waals surface area contributed by atoms with Gasteiger partial charge in [0.2, 0.25) is 5.91 Å². The minimum Gasteiger partial charge on any atom is -0.342 e. The molecule has 24 heavy (non-hydrogen) atoms. The van der Waals surface area contributed by atoms with Crippen LogP contribution in [0.2, 0.25) is 0 Å². The maximum Gasteiger partial charge on any atom is 0.223 e. The summed E-state index contributed by atoms with van der Waals surface area (Å²) in [7, 11) is 0. The van der Waals surface area contributed by atoms with Gasteiger partial charge in [-0.15, -0.1) is 0 Å². The second-order valence-electron chi connectivity index (χ2n) is 6.04. The molecule has 2 aromatic carbocycles. The molecule has 3 rings (SSSR count). The largest absolute Gasteiger partial charge is 0.342 e. The number of amides is 1. The number of imidazole rings is 1. The summed E-state index contributed by atoms with van der Waals surface area (Å²) in [6.45, 7) is 5.49. The van der Waals surface area contributed by atoms with E-state index in [1.807, 2.05) is 48.2 Å². The molecule has 0 aliphatic heterocycles. The van der Waals surface area contributed by atoms with Crippen molar-refractivity contribution in [2.24, 2.45) is 0 Å². The van der Waals surface area contributed by atoms with Gasteiger partial charge in [0.05, 0.1) is 11.0 Å². The maximum absolute atomic E-state index is 12.6. The van der Waals surface area contributed by atoms with E-state index < -0.39 is 0 Å². The SMILES string of the molecule is CCN(Cc1ccccc1C)C(=O)CCc1nc2ccccc2[nH]1. The summed E-state index contributed by atoms with van der Waals surface area (Å²) in [6, 6.07) is 16.2. The number of aryl methyl sites for hydroxylation is 2. The van der Waals surface area contributed by atoms with Gasteiger partial charge in [-0.3, -0.25) is 4.79 Å². The van der Waals surface area contributed by atoms with E-state index in [9.17, 15) is 4.79 Å². The van der Waals surface area contributed by atoms with Crippen molar-refractivity contribution in [3.8, 4) is 0 Å². The molecule has 0 saturated heterocycles. The van der Waals surface area contributed by atoms with Gasteiger partial charge in [0.1, 0.15) is 5.82 Å². The summed E-state index contributed by atoms with van der Waals surface area (Å²) in [6.07, 6.45) is 1.11. The first-order chi connectivity index (χ1) is 11.7. The first-order valence-corrected chi connectivity index (χ1v) is 8.43. The fraction of sp³-hybridized carbons (Fsp3) is 0.300. The lowest BCUT2D eigenvalue weighted by molar-refractivity contribution is -0.131. The topological polar surface area (TPSA) is 49.0 Å². The molecule has 1 aromatic heterocycles. The molecule has 1 N–H and O–H groups in total. The normalized spacial score (nSPS) is 10.9. The van der Waals surface area contributed by atoms with Crippen LogP contribution in [0.1, 0.15) is 30.3 Å². The fourth-order valence-corrected chi connectivity index (χ4v) is 2.88. The third-order valence-corrected chi connectivity index (χ3v) is 4.37. The van der Waals surface area contributed by atoms with Crippen LogP contribution in [0.3, 0.4) is 0 Å². The summed E-state index contributed by atoms with van der Waals surface area (Å²) in [5, 5.41) is 0. The van der Waals surface area contributed by atoms with E-state index in [0.29, 0.717) is 25.9 Å². The number of hydrogen-bond donors (Lipinski definition) is 1. The third kappa shape index (κ3) is 3.65. The molecule has 0 radical (unpaired) electrons. The predicted octanol–water partition coefficient (Wildman–Crippen LogP) is 3.85. The Labute approximate surface area is 142 Å². The zero-order valence-electron chi connectivity index (χ0n) is 14.2. The third-order valence-electron chi connectivity index (χ3n) is 4.37. The van der Waals surface area contributed by atoms with Crippen LogP contribution in [-0.4, -0.2) is 27.3 Å². The highest BCUT2D eigenvalue weighted by atomic mass is 16.2. The summed E-state index contributed by atoms with van der Waals surface area (Å²) in [4.78, 5) is 22.3. The number of rotatable bonds is 6. The standard InChI is InChI=1S/C20H23N3O/c1-3-23(14-16-9-5-4-8-15(16)2)20(24)13-12-19-21-17-10-6-7-11-18(17)22-19/h4-11H,3,12-14H2,1-2H3,(H,21,22). The molecule has 4 nitrogen and oxygen atoms in total. The molecular weight excluding hydrogens is 298 g/mol. The summed E-state index contributed by atoms with van der Waals surface area (Å²) in [5.41, 5.74) is 4.40. The van der Waals surface area contributed by atoms with Crippen LogP contribution in [0.25, 0.3) is 11.0 Å². The molecule has 1 amide bonds. The zero-order chi connectivity index (χ0) is 16.9. The highest BCUT2D eigenvalue weighted by Gasteiger charge is 2.14. The van der Waals surface area contributed by atoms with Gasteiger partial charge in [-0.05, 0) is 37.1 Å². The van der Waals surface area contributed by atoms with E-state index in [-0.39, 0.29) is 5.91 Å². The molecular formula is C20H23N3O. The molecule has 0 aliphatic carbocycles. The number of nitrogens with zero attached hydrogens (tertiary/aromatic N) is 2. The molecule has 0 bridgehead atoms. The van der Waals surface area contributed by atoms with Gasteiger partial charge in [0.15, 0.2) is 0 Å². The number of aromatic nitrogens is 2. The zero-order valence-corrected chi connectivity index (χ0v) is 14.2. The van der Waals surface area contributed by atoms with Crippen molar-refractivity contribution >= 4 is 16.9 Å². The lowest BCUT2D eigenvalue weighted by atomic mass is 10.1. The number of fused-ring (bicyclic) bond motifs is 1. The molecule has 0 unspecified atom stereocenters. The van der Waals surface area contributed by atoms with Crippen molar-refractivity contribution in [3.05, 3.63) is 65.5 Å². The van der Waals surface area contributed by atoms with Gasteiger partial charge in [-0.1, -0.05) is 36.4 Å². The second kappa shape index (κ2) is 7.30. The number of hydrogen-bond acceptors (Lipinski definition) is 2. The molecule has 124 valence electrons. The Balaban J connectivity index is 1.63. The van der Waals surface area contributed by atoms with Crippen molar-refractivity contribution in [3.63, 3.8) is 0 Å². The monoisotopic (exact) mass is 321 g/mol. The Morgan fingerprint density at radius 2 is 1.88 bits per heavy atom. The maximum atomic E-state index is 12.6. The Bertz CT molecular complexity index is 805. The number of benzene rings is 2. The van der Waals surface area contributed by atoms with Gasteiger partial charge >= 0.3 is 0 Å². The number of para-hydroxylation sites is 2. The molecule has 0 saturated carbocycles. The Morgan fingerprint density at radius 3 is 2.62 bits per heavy atom. The first-order valence-electron chi connectivity index (χ1n) is 8.43. The van der Waals surface area contributed by atoms with Crippen LogP contribution in [0, 0.1) is 6.92 Å². The molecule has 0 aliphatic rings. The summed E-state index contributed by atoms with van der Waals surface area (Å²) in [5.74, 6) is 1.04. The average Bonchev–Trinajstić information content (AvgIpc) is 3.02. The van der Waals surface area contributed by atoms with Crippen molar-refractivity contribution in [1.82, 2.24) is 14.9 Å². The van der Waals surface area contributed by atoms with E-state index in [0.717, 1.165) is 16.9 Å². The Morgan fingerprint density at radius 1 is 1.12 bits per heavy atom. The van der Waals surface area contributed by atoms with Crippen LogP contribution in [0.4, 0.5) is 0 Å². The van der Waals surface area contributed by atoms with Gasteiger partial charge in [0, 0.05) is 25.9 Å². The first kappa shape index (κ1) is 16.2. The molecule has 1 heterocycles. The quantitative estimate of drug-likeness (QED) is 0.749. The van der Waals surface area contributed by atoms with Gasteiger partial charge in [-0.2, -0.15) is 0 Å². The van der Waals surface area contributed by atoms with Gasteiger partial charge in [-0.25, -0.2) is 4.98 Å². The van der Waals surface area contributed by atoms with E-state index >= 15 is 0 Å². The Kier molecular flexibility index (Phi) is 4.94. The van der Waals surface area contributed by atoms with Crippen molar-refractivity contribution < 1.29 is 4.79 Å². The minimum atomic E-state index is 0.168. The van der Waals surface area contributed by atoms with E-state index in [2.05, 4.69) is 29.0 Å². The lowest BCUT2D eigenvalue weighted by Crippen LogP contribution is -2.30. The van der Waals surface area contributed by atoms with Gasteiger partial charge < -0.3 is 9.88 Å². The van der Waals surface area contributed by atoms with Crippen molar-refractivity contribution in [2.45, 2.75) is 33.2 Å². The number of H-pyrrole nitrogens is 1. The predicted molar refractivity (Wildman–Crippen MR) is 96.7 cm³/mol. The molecule has 0 atom stereocenters. The van der Waals surface area contributed by atoms with Crippen LogP contribution >= 0.6 is 0 Å². The number of carbonyl (C=O) groups is 1. The van der Waals surface area contributed by atoms with E-state index in [1.54, 1.807) is 0 Å². The van der Waals surface area contributed by atoms with E-state index in [1.165, 1.54) is 11.1 Å². The highest BCUT2D eigenvalue weighted by molar-refractivity contribution is 5.77. The summed E-state index contributed by atoms with van der Waals surface area (Å²) < 4.78 is 0. The average molecular weight is 321 g/mol. The van der Waals surface area contributed by atoms with E-state index in [4.69, 9.17) is 0 Å². The van der Waals surface area contributed by atoms with Crippen molar-refractivity contribution in [1.29, 1.82) is 0 Å². The lowest BCUT2D eigenvalue weighted by Gasteiger charge is -2.22.